The van der Waals surface area contributed by atoms with Gasteiger partial charge in [-0.3, -0.25) is 4.79 Å². The molecule has 3 rings (SSSR count). The lowest BCUT2D eigenvalue weighted by Crippen LogP contribution is -2.29. The normalized spacial score (nSPS) is 15.5. The predicted octanol–water partition coefficient (Wildman–Crippen LogP) is 1.91. The minimum Gasteiger partial charge on any atom is -0.335 e. The third kappa shape index (κ3) is 2.83. The van der Waals surface area contributed by atoms with Crippen molar-refractivity contribution in [1.29, 1.82) is 0 Å². The molecule has 22 heavy (non-hydrogen) atoms. The molecular formula is C14H17N3O4S. The van der Waals surface area contributed by atoms with Gasteiger partial charge >= 0.3 is 0 Å². The lowest BCUT2D eigenvalue weighted by atomic mass is 10.0. The van der Waals surface area contributed by atoms with Crippen LogP contribution in [0, 0.1) is 0 Å². The largest absolute Gasteiger partial charge is 0.335 e. The molecular weight excluding hydrogens is 306 g/mol. The number of sulfonamides is 1. The van der Waals surface area contributed by atoms with E-state index in [-0.39, 0.29) is 17.2 Å². The number of hydrogen-bond donors (Lipinski definition) is 1. The first-order valence-corrected chi connectivity index (χ1v) is 8.97. The second-order valence-electron chi connectivity index (χ2n) is 5.97. The fourth-order valence-corrected chi connectivity index (χ4v) is 2.82. The second-order valence-corrected chi connectivity index (χ2v) is 7.72. The van der Waals surface area contributed by atoms with Gasteiger partial charge in [-0.15, -0.1) is 0 Å². The average Bonchev–Trinajstić information content (AvgIpc) is 3.14. The molecule has 1 aliphatic carbocycles. The van der Waals surface area contributed by atoms with Crippen LogP contribution in [0.2, 0.25) is 0 Å². The number of nitrogens with zero attached hydrogens (tertiary/aromatic N) is 2. The van der Waals surface area contributed by atoms with Gasteiger partial charge in [0, 0.05) is 11.6 Å². The molecule has 0 atom stereocenters. The smallest absolute Gasteiger partial charge is 0.265 e. The number of amides is 1. The SMILES string of the molecule is CC(C)c1noc2nc(C3CC3)cc(C(=O)NS(C)(=O)=O)c12. The van der Waals surface area contributed by atoms with Crippen molar-refractivity contribution in [1.82, 2.24) is 14.9 Å². The quantitative estimate of drug-likeness (QED) is 0.922. The van der Waals surface area contributed by atoms with Crippen LogP contribution >= 0.6 is 0 Å². The van der Waals surface area contributed by atoms with Crippen LogP contribution in [0.4, 0.5) is 0 Å². The van der Waals surface area contributed by atoms with Crippen molar-refractivity contribution in [3.05, 3.63) is 23.0 Å². The van der Waals surface area contributed by atoms with Crippen LogP contribution < -0.4 is 4.72 Å². The molecule has 0 aliphatic heterocycles. The Bertz CT molecular complexity index is 850. The van der Waals surface area contributed by atoms with Gasteiger partial charge in [0.2, 0.25) is 10.0 Å². The monoisotopic (exact) mass is 323 g/mol. The Kier molecular flexibility index (Phi) is 3.43. The number of carbonyl (C=O) groups excluding carboxylic acids is 1. The molecule has 1 aliphatic rings. The van der Waals surface area contributed by atoms with Crippen molar-refractivity contribution in [3.8, 4) is 0 Å². The summed E-state index contributed by atoms with van der Waals surface area (Å²) in [5, 5.41) is 4.47. The number of carbonyl (C=O) groups is 1. The summed E-state index contributed by atoms with van der Waals surface area (Å²) < 4.78 is 30.0. The molecule has 8 heteroatoms. The zero-order chi connectivity index (χ0) is 16.1. The lowest BCUT2D eigenvalue weighted by molar-refractivity contribution is 0.0983. The molecule has 0 spiro atoms. The number of hydrogen-bond acceptors (Lipinski definition) is 6. The molecule has 1 amide bonds. The van der Waals surface area contributed by atoms with Crippen LogP contribution in [0.1, 0.15) is 60.3 Å². The zero-order valence-corrected chi connectivity index (χ0v) is 13.4. The Morgan fingerprint density at radius 2 is 2.09 bits per heavy atom. The summed E-state index contributed by atoms with van der Waals surface area (Å²) in [5.74, 6) is -0.344. The molecule has 1 fully saturated rings. The van der Waals surface area contributed by atoms with E-state index in [9.17, 15) is 13.2 Å². The highest BCUT2D eigenvalue weighted by molar-refractivity contribution is 7.89. The maximum Gasteiger partial charge on any atom is 0.265 e. The summed E-state index contributed by atoms with van der Waals surface area (Å²) in [6.07, 6.45) is 2.97. The van der Waals surface area contributed by atoms with Gasteiger partial charge in [0.05, 0.1) is 22.9 Å². The average molecular weight is 323 g/mol. The Hall–Kier alpha value is -1.96. The molecule has 0 radical (unpaired) electrons. The van der Waals surface area contributed by atoms with Crippen molar-refractivity contribution in [2.45, 2.75) is 38.5 Å². The number of rotatable bonds is 4. The molecule has 7 nitrogen and oxygen atoms in total. The molecule has 0 bridgehead atoms. The van der Waals surface area contributed by atoms with Gasteiger partial charge in [-0.1, -0.05) is 19.0 Å². The third-order valence-corrected chi connectivity index (χ3v) is 4.11. The number of pyridine rings is 1. The molecule has 0 unspecified atom stereocenters. The standard InChI is InChI=1S/C14H17N3O4S/c1-7(2)12-11-9(13(18)17-22(3,19)20)6-10(8-4-5-8)15-14(11)21-16-12/h6-8H,4-5H2,1-3H3,(H,17,18). The summed E-state index contributed by atoms with van der Waals surface area (Å²) in [5.41, 5.74) is 1.88. The highest BCUT2D eigenvalue weighted by atomic mass is 32.2. The maximum atomic E-state index is 12.4. The van der Waals surface area contributed by atoms with Gasteiger partial charge in [0.15, 0.2) is 0 Å². The van der Waals surface area contributed by atoms with Crippen LogP contribution in [0.25, 0.3) is 11.1 Å². The van der Waals surface area contributed by atoms with Crippen molar-refractivity contribution >= 4 is 27.0 Å². The summed E-state index contributed by atoms with van der Waals surface area (Å²) in [4.78, 5) is 16.8. The van der Waals surface area contributed by atoms with E-state index in [0.717, 1.165) is 24.8 Å². The van der Waals surface area contributed by atoms with E-state index in [1.807, 2.05) is 18.6 Å². The first-order chi connectivity index (χ1) is 10.3. The molecule has 2 heterocycles. The number of fused-ring (bicyclic) bond motifs is 1. The molecule has 118 valence electrons. The Balaban J connectivity index is 2.19. The zero-order valence-electron chi connectivity index (χ0n) is 12.6. The molecule has 0 saturated heterocycles. The number of nitrogens with one attached hydrogen (secondary N) is 1. The summed E-state index contributed by atoms with van der Waals surface area (Å²) in [6.45, 7) is 3.84. The molecule has 1 saturated carbocycles. The van der Waals surface area contributed by atoms with Gasteiger partial charge in [-0.25, -0.2) is 18.1 Å². The van der Waals surface area contributed by atoms with E-state index in [1.54, 1.807) is 6.07 Å². The van der Waals surface area contributed by atoms with Crippen LogP contribution in [-0.4, -0.2) is 30.7 Å². The summed E-state index contributed by atoms with van der Waals surface area (Å²) >= 11 is 0. The van der Waals surface area contributed by atoms with Crippen molar-refractivity contribution in [2.24, 2.45) is 0 Å². The third-order valence-electron chi connectivity index (χ3n) is 3.56. The Morgan fingerprint density at radius 1 is 1.41 bits per heavy atom. The van der Waals surface area contributed by atoms with E-state index < -0.39 is 15.9 Å². The van der Waals surface area contributed by atoms with Crippen molar-refractivity contribution < 1.29 is 17.7 Å². The number of aromatic nitrogens is 2. The second kappa shape index (κ2) is 5.05. The molecule has 2 aromatic rings. The lowest BCUT2D eigenvalue weighted by Gasteiger charge is -2.08. The van der Waals surface area contributed by atoms with E-state index in [0.29, 0.717) is 17.0 Å². The molecule has 1 N–H and O–H groups in total. The van der Waals surface area contributed by atoms with Gasteiger partial charge in [0.25, 0.3) is 11.6 Å². The predicted molar refractivity (Wildman–Crippen MR) is 80.2 cm³/mol. The topological polar surface area (TPSA) is 102 Å². The van der Waals surface area contributed by atoms with E-state index in [2.05, 4.69) is 10.1 Å². The van der Waals surface area contributed by atoms with Crippen LogP contribution in [0.5, 0.6) is 0 Å². The molecule has 0 aromatic carbocycles. The Labute approximate surface area is 128 Å². The summed E-state index contributed by atoms with van der Waals surface area (Å²) in [7, 11) is -3.64. The summed E-state index contributed by atoms with van der Waals surface area (Å²) in [6, 6.07) is 1.66. The van der Waals surface area contributed by atoms with Gasteiger partial charge in [-0.05, 0) is 24.8 Å². The maximum absolute atomic E-state index is 12.4. The van der Waals surface area contributed by atoms with Crippen LogP contribution in [0.3, 0.4) is 0 Å². The van der Waals surface area contributed by atoms with Crippen molar-refractivity contribution in [3.63, 3.8) is 0 Å². The van der Waals surface area contributed by atoms with Gasteiger partial charge < -0.3 is 4.52 Å². The first kappa shape index (κ1) is 15.0. The van der Waals surface area contributed by atoms with E-state index in [1.165, 1.54) is 0 Å². The van der Waals surface area contributed by atoms with Crippen molar-refractivity contribution in [2.75, 3.05) is 6.26 Å². The highest BCUT2D eigenvalue weighted by Gasteiger charge is 2.30. The Morgan fingerprint density at radius 3 is 2.64 bits per heavy atom. The minimum atomic E-state index is -3.64. The molecule has 2 aromatic heterocycles. The van der Waals surface area contributed by atoms with E-state index in [4.69, 9.17) is 4.52 Å². The minimum absolute atomic E-state index is 0.0274. The fraction of sp³-hybridized carbons (Fsp3) is 0.500. The highest BCUT2D eigenvalue weighted by Crippen LogP contribution is 2.41. The van der Waals surface area contributed by atoms with E-state index >= 15 is 0 Å². The van der Waals surface area contributed by atoms with Crippen LogP contribution in [-0.2, 0) is 10.0 Å². The fourth-order valence-electron chi connectivity index (χ4n) is 2.38. The first-order valence-electron chi connectivity index (χ1n) is 7.08. The van der Waals surface area contributed by atoms with Gasteiger partial charge in [0.1, 0.15) is 0 Å². The van der Waals surface area contributed by atoms with Gasteiger partial charge in [-0.2, -0.15) is 0 Å². The van der Waals surface area contributed by atoms with Crippen LogP contribution in [0.15, 0.2) is 10.6 Å².